The van der Waals surface area contributed by atoms with Gasteiger partial charge in [-0.05, 0) is 64.2 Å². The molecule has 0 aliphatic heterocycles. The summed E-state index contributed by atoms with van der Waals surface area (Å²) in [5, 5.41) is 0. The van der Waals surface area contributed by atoms with Gasteiger partial charge in [0.2, 0.25) is 0 Å². The van der Waals surface area contributed by atoms with Crippen molar-refractivity contribution in [1.29, 1.82) is 0 Å². The summed E-state index contributed by atoms with van der Waals surface area (Å²) in [5.41, 5.74) is 3.81. The third-order valence-corrected chi connectivity index (χ3v) is 4.80. The Balaban J connectivity index is 2.56. The van der Waals surface area contributed by atoms with Crippen LogP contribution in [0.15, 0.2) is 42.5 Å². The highest BCUT2D eigenvalue weighted by Gasteiger charge is 2.29. The van der Waals surface area contributed by atoms with Crippen LogP contribution in [0.25, 0.3) is 0 Å². The molecule has 0 N–H and O–H groups in total. The molecule has 0 aliphatic rings. The Morgan fingerprint density at radius 1 is 0.828 bits per heavy atom. The molecule has 0 saturated carbocycles. The van der Waals surface area contributed by atoms with E-state index >= 15 is 0 Å². The zero-order chi connectivity index (χ0) is 21.7. The zero-order valence-electron chi connectivity index (χ0n) is 19.1. The summed E-state index contributed by atoms with van der Waals surface area (Å²) in [4.78, 5) is 24.9. The number of hydrogen-bond donors (Lipinski definition) is 0. The zero-order valence-corrected chi connectivity index (χ0v) is 19.1. The monoisotopic (exact) mass is 396 g/mol. The lowest BCUT2D eigenvalue weighted by molar-refractivity contribution is -0.401. The molecule has 0 aromatic heterocycles. The molecule has 0 atom stereocenters. The maximum absolute atomic E-state index is 13.4. The van der Waals surface area contributed by atoms with Gasteiger partial charge in [-0.2, -0.15) is 0 Å². The van der Waals surface area contributed by atoms with Crippen molar-refractivity contribution in [3.63, 3.8) is 0 Å². The Morgan fingerprint density at radius 2 is 1.34 bits per heavy atom. The summed E-state index contributed by atoms with van der Waals surface area (Å²) < 4.78 is 0. The van der Waals surface area contributed by atoms with Crippen molar-refractivity contribution >= 4 is 5.78 Å². The van der Waals surface area contributed by atoms with E-state index < -0.39 is 5.60 Å². The minimum atomic E-state index is -0.618. The fourth-order valence-electron chi connectivity index (χ4n) is 3.35. The van der Waals surface area contributed by atoms with Crippen molar-refractivity contribution in [2.75, 3.05) is 0 Å². The van der Waals surface area contributed by atoms with Gasteiger partial charge >= 0.3 is 0 Å². The highest BCUT2D eigenvalue weighted by atomic mass is 17.2. The van der Waals surface area contributed by atoms with Gasteiger partial charge in [0.15, 0.2) is 5.78 Å². The fourth-order valence-corrected chi connectivity index (χ4v) is 3.35. The summed E-state index contributed by atoms with van der Waals surface area (Å²) in [6.07, 6.45) is 3.66. The van der Waals surface area contributed by atoms with Crippen LogP contribution in [0.4, 0.5) is 0 Å². The predicted molar refractivity (Wildman–Crippen MR) is 119 cm³/mol. The summed E-state index contributed by atoms with van der Waals surface area (Å²) in [7, 11) is 0. The normalized spacial score (nSPS) is 12.2. The van der Waals surface area contributed by atoms with Crippen molar-refractivity contribution < 1.29 is 14.6 Å². The van der Waals surface area contributed by atoms with Crippen LogP contribution in [-0.4, -0.2) is 11.4 Å². The molecule has 2 rings (SSSR count). The minimum Gasteiger partial charge on any atom is -0.289 e. The summed E-state index contributed by atoms with van der Waals surface area (Å²) in [6, 6.07) is 13.8. The predicted octanol–water partition coefficient (Wildman–Crippen LogP) is 6.80. The molecule has 0 saturated heterocycles. The lowest BCUT2D eigenvalue weighted by Crippen LogP contribution is -2.29. The minimum absolute atomic E-state index is 0.105. The molecule has 0 spiro atoms. The van der Waals surface area contributed by atoms with Gasteiger partial charge in [0, 0.05) is 11.1 Å². The lowest BCUT2D eigenvalue weighted by Gasteiger charge is -2.30. The Kier molecular flexibility index (Phi) is 7.79. The Hall–Kier alpha value is -1.97. The van der Waals surface area contributed by atoms with Gasteiger partial charge in [0.1, 0.15) is 5.60 Å². The smallest absolute Gasteiger partial charge is 0.193 e. The van der Waals surface area contributed by atoms with Crippen LogP contribution in [0.2, 0.25) is 0 Å². The first kappa shape index (κ1) is 23.3. The van der Waals surface area contributed by atoms with Crippen LogP contribution in [0.3, 0.4) is 0 Å². The first-order valence-electron chi connectivity index (χ1n) is 10.7. The number of carbonyl (C=O) groups excluding carboxylic acids is 1. The van der Waals surface area contributed by atoms with Gasteiger partial charge in [-0.25, -0.2) is 9.78 Å². The van der Waals surface area contributed by atoms with Gasteiger partial charge in [-0.15, -0.1) is 0 Å². The molecule has 0 heterocycles. The van der Waals surface area contributed by atoms with Gasteiger partial charge < -0.3 is 0 Å². The van der Waals surface area contributed by atoms with E-state index in [2.05, 4.69) is 26.0 Å². The van der Waals surface area contributed by atoms with Crippen molar-refractivity contribution in [1.82, 2.24) is 0 Å². The quantitative estimate of drug-likeness (QED) is 0.265. The Bertz CT molecular complexity index is 787. The van der Waals surface area contributed by atoms with Crippen LogP contribution >= 0.6 is 0 Å². The van der Waals surface area contributed by atoms with Crippen molar-refractivity contribution in [2.45, 2.75) is 85.4 Å². The van der Waals surface area contributed by atoms with Crippen LogP contribution in [0.5, 0.6) is 0 Å². The van der Waals surface area contributed by atoms with Gasteiger partial charge in [-0.3, -0.25) is 4.79 Å². The molecule has 0 unspecified atom stereocenters. The summed E-state index contributed by atoms with van der Waals surface area (Å²) in [5.74, 6) is 0.105. The fraction of sp³-hybridized carbons (Fsp3) is 0.500. The Morgan fingerprint density at radius 3 is 1.79 bits per heavy atom. The molecule has 3 nitrogen and oxygen atoms in total. The average Bonchev–Trinajstić information content (AvgIpc) is 2.66. The van der Waals surface area contributed by atoms with Crippen molar-refractivity contribution in [2.24, 2.45) is 0 Å². The second kappa shape index (κ2) is 9.69. The first-order chi connectivity index (χ1) is 13.6. The topological polar surface area (TPSA) is 35.5 Å². The number of ketones is 1. The van der Waals surface area contributed by atoms with E-state index in [-0.39, 0.29) is 11.4 Å². The molecule has 29 heavy (non-hydrogen) atoms. The number of benzene rings is 2. The van der Waals surface area contributed by atoms with E-state index in [4.69, 9.17) is 9.78 Å². The third-order valence-electron chi connectivity index (χ3n) is 4.80. The molecule has 0 fully saturated rings. The van der Waals surface area contributed by atoms with E-state index in [1.807, 2.05) is 65.0 Å². The molecule has 0 bridgehead atoms. The van der Waals surface area contributed by atoms with Crippen molar-refractivity contribution in [3.05, 3.63) is 70.3 Å². The standard InChI is InChI=1S/C26H36O3/c1-8-13-20-17-22(26(6,7)29-28-25(3,4)5)18-21(14-9-2)23(20)24(27)19-15-11-10-12-16-19/h10-12,15-18H,8-9,13-14H2,1-7H3. The van der Waals surface area contributed by atoms with Crippen LogP contribution in [0, 0.1) is 0 Å². The number of hydrogen-bond acceptors (Lipinski definition) is 3. The maximum Gasteiger partial charge on any atom is 0.193 e. The largest absolute Gasteiger partial charge is 0.289 e. The van der Waals surface area contributed by atoms with Crippen LogP contribution in [0.1, 0.15) is 93.9 Å². The van der Waals surface area contributed by atoms with Crippen molar-refractivity contribution in [3.8, 4) is 0 Å². The SMILES string of the molecule is CCCc1cc(C(C)(C)OOC(C)(C)C)cc(CCC)c1C(=O)c1ccccc1. The van der Waals surface area contributed by atoms with E-state index in [9.17, 15) is 4.79 Å². The van der Waals surface area contributed by atoms with E-state index in [1.165, 1.54) is 0 Å². The highest BCUT2D eigenvalue weighted by Crippen LogP contribution is 2.32. The first-order valence-corrected chi connectivity index (χ1v) is 10.7. The molecule has 0 radical (unpaired) electrons. The third kappa shape index (κ3) is 6.25. The Labute approximate surface area is 176 Å². The number of aryl methyl sites for hydroxylation is 2. The lowest BCUT2D eigenvalue weighted by atomic mass is 9.84. The molecule has 0 amide bonds. The van der Waals surface area contributed by atoms with Crippen LogP contribution in [-0.2, 0) is 28.2 Å². The maximum atomic E-state index is 13.4. The van der Waals surface area contributed by atoms with Gasteiger partial charge in [0.25, 0.3) is 0 Å². The molecular formula is C26H36O3. The van der Waals surface area contributed by atoms with E-state index in [0.717, 1.165) is 53.5 Å². The molecule has 2 aromatic rings. The van der Waals surface area contributed by atoms with Gasteiger partial charge in [-0.1, -0.05) is 69.2 Å². The highest BCUT2D eigenvalue weighted by molar-refractivity contribution is 6.11. The molecule has 0 aliphatic carbocycles. The van der Waals surface area contributed by atoms with Gasteiger partial charge in [0.05, 0.1) is 5.60 Å². The number of carbonyl (C=O) groups is 1. The number of rotatable bonds is 9. The van der Waals surface area contributed by atoms with E-state index in [0.29, 0.717) is 0 Å². The second-order valence-electron chi connectivity index (χ2n) is 9.15. The summed E-state index contributed by atoms with van der Waals surface area (Å²) >= 11 is 0. The van der Waals surface area contributed by atoms with Crippen LogP contribution < -0.4 is 0 Å². The molecule has 3 heteroatoms. The molecular weight excluding hydrogens is 360 g/mol. The molecule has 2 aromatic carbocycles. The average molecular weight is 397 g/mol. The summed E-state index contributed by atoms with van der Waals surface area (Å²) in [6.45, 7) is 14.2. The van der Waals surface area contributed by atoms with E-state index in [1.54, 1.807) is 0 Å². The second-order valence-corrected chi connectivity index (χ2v) is 9.15. The molecule has 158 valence electrons.